The highest BCUT2D eigenvalue weighted by Gasteiger charge is 2.31. The lowest BCUT2D eigenvalue weighted by Gasteiger charge is -2.35. The molecule has 0 spiro atoms. The van der Waals surface area contributed by atoms with E-state index in [2.05, 4.69) is 28.9 Å². The zero-order valence-corrected chi connectivity index (χ0v) is 15.9. The van der Waals surface area contributed by atoms with Crippen LogP contribution in [0.2, 0.25) is 10.0 Å². The maximum Gasteiger partial charge on any atom is 0.139 e. The molecule has 1 aliphatic heterocycles. The highest BCUT2D eigenvalue weighted by Crippen LogP contribution is 2.43. The number of hydrogen-bond donors (Lipinski definition) is 2. The molecule has 1 saturated heterocycles. The molecule has 26 heavy (non-hydrogen) atoms. The van der Waals surface area contributed by atoms with Gasteiger partial charge in [0.25, 0.3) is 0 Å². The van der Waals surface area contributed by atoms with Crippen molar-refractivity contribution in [2.75, 3.05) is 26.3 Å². The molecule has 1 aromatic heterocycles. The first kappa shape index (κ1) is 17.7. The molecule has 1 fully saturated rings. The van der Waals surface area contributed by atoms with Crippen molar-refractivity contribution in [3.63, 3.8) is 0 Å². The monoisotopic (exact) mass is 390 g/mol. The van der Waals surface area contributed by atoms with Gasteiger partial charge in [0.05, 0.1) is 24.3 Å². The van der Waals surface area contributed by atoms with E-state index in [1.54, 1.807) is 6.07 Å². The number of aryl methyl sites for hydroxylation is 1. The van der Waals surface area contributed by atoms with Gasteiger partial charge in [-0.2, -0.15) is 0 Å². The zero-order valence-electron chi connectivity index (χ0n) is 14.4. The number of nitrogens with zero attached hydrogens (tertiary/aromatic N) is 1. The number of H-pyrrole nitrogens is 1. The van der Waals surface area contributed by atoms with E-state index >= 15 is 0 Å². The molecule has 2 aromatic carbocycles. The van der Waals surface area contributed by atoms with Gasteiger partial charge in [-0.25, -0.2) is 0 Å². The van der Waals surface area contributed by atoms with Crippen LogP contribution in [-0.4, -0.2) is 41.3 Å². The van der Waals surface area contributed by atoms with Crippen LogP contribution < -0.4 is 0 Å². The van der Waals surface area contributed by atoms with Crippen LogP contribution in [0.3, 0.4) is 0 Å². The van der Waals surface area contributed by atoms with E-state index < -0.39 is 0 Å². The quantitative estimate of drug-likeness (QED) is 0.667. The van der Waals surface area contributed by atoms with Crippen molar-refractivity contribution >= 4 is 34.1 Å². The van der Waals surface area contributed by atoms with E-state index in [4.69, 9.17) is 27.9 Å². The Morgan fingerprint density at radius 2 is 1.88 bits per heavy atom. The summed E-state index contributed by atoms with van der Waals surface area (Å²) in [5.41, 5.74) is 4.00. The molecule has 4 rings (SSSR count). The summed E-state index contributed by atoms with van der Waals surface area (Å²) >= 11 is 12.5. The lowest BCUT2D eigenvalue weighted by molar-refractivity contribution is 0.0237. The van der Waals surface area contributed by atoms with E-state index in [0.717, 1.165) is 40.8 Å². The standard InChI is InChI=1S/C20H20Cl2N2O2/c1-12-18(14-4-2-3-5-17(14)23-12)19(24-6-8-26-9-7-24)15-10-13(21)11-16(22)20(15)25/h2-5,10-11,19,23,25H,6-9H2,1H3. The Labute approximate surface area is 162 Å². The Morgan fingerprint density at radius 1 is 1.15 bits per heavy atom. The molecule has 1 unspecified atom stereocenters. The summed E-state index contributed by atoms with van der Waals surface area (Å²) in [6.45, 7) is 4.92. The van der Waals surface area contributed by atoms with Crippen molar-refractivity contribution in [3.05, 3.63) is 63.3 Å². The third-order valence-electron chi connectivity index (χ3n) is 4.98. The molecule has 6 heteroatoms. The molecule has 0 amide bonds. The third-order valence-corrected chi connectivity index (χ3v) is 5.49. The van der Waals surface area contributed by atoms with Gasteiger partial charge in [0.15, 0.2) is 0 Å². The number of aromatic hydroxyl groups is 1. The summed E-state index contributed by atoms with van der Waals surface area (Å²) in [7, 11) is 0. The van der Waals surface area contributed by atoms with Crippen molar-refractivity contribution in [2.24, 2.45) is 0 Å². The Morgan fingerprint density at radius 3 is 2.65 bits per heavy atom. The first-order chi connectivity index (χ1) is 12.6. The van der Waals surface area contributed by atoms with Crippen LogP contribution in [0, 0.1) is 6.92 Å². The van der Waals surface area contributed by atoms with Crippen LogP contribution in [0.15, 0.2) is 36.4 Å². The highest BCUT2D eigenvalue weighted by atomic mass is 35.5. The minimum Gasteiger partial charge on any atom is -0.506 e. The fourth-order valence-corrected chi connectivity index (χ4v) is 4.32. The summed E-state index contributed by atoms with van der Waals surface area (Å²) in [6, 6.07) is 11.4. The molecule has 2 N–H and O–H groups in total. The smallest absolute Gasteiger partial charge is 0.139 e. The van der Waals surface area contributed by atoms with E-state index in [9.17, 15) is 5.11 Å². The second kappa shape index (κ2) is 7.12. The Bertz CT molecular complexity index is 948. The van der Waals surface area contributed by atoms with Gasteiger partial charge in [0.1, 0.15) is 5.75 Å². The molecular weight excluding hydrogens is 371 g/mol. The molecule has 3 aromatic rings. The van der Waals surface area contributed by atoms with Gasteiger partial charge >= 0.3 is 0 Å². The van der Waals surface area contributed by atoms with Gasteiger partial charge in [-0.1, -0.05) is 41.4 Å². The molecule has 136 valence electrons. The summed E-state index contributed by atoms with van der Waals surface area (Å²) in [5.74, 6) is 0.0808. The average Bonchev–Trinajstić information content (AvgIpc) is 2.96. The molecule has 1 atom stereocenters. The SMILES string of the molecule is Cc1[nH]c2ccccc2c1C(c1cc(Cl)cc(Cl)c1O)N1CCOCC1. The number of aromatic nitrogens is 1. The second-order valence-corrected chi connectivity index (χ2v) is 7.43. The van der Waals surface area contributed by atoms with Crippen LogP contribution >= 0.6 is 23.2 Å². The van der Waals surface area contributed by atoms with Crippen molar-refractivity contribution < 1.29 is 9.84 Å². The summed E-state index contributed by atoms with van der Waals surface area (Å²) < 4.78 is 5.53. The Hall–Kier alpha value is -1.72. The first-order valence-electron chi connectivity index (χ1n) is 8.63. The molecule has 2 heterocycles. The van der Waals surface area contributed by atoms with Crippen molar-refractivity contribution in [2.45, 2.75) is 13.0 Å². The Balaban J connectivity index is 1.96. The second-order valence-electron chi connectivity index (χ2n) is 6.59. The maximum absolute atomic E-state index is 10.7. The predicted molar refractivity (Wildman–Crippen MR) is 105 cm³/mol. The molecule has 1 aliphatic rings. The summed E-state index contributed by atoms with van der Waals surface area (Å²) in [5, 5.41) is 12.6. The number of phenolic OH excluding ortho intramolecular Hbond substituents is 1. The minimum absolute atomic E-state index is 0.0808. The van der Waals surface area contributed by atoms with E-state index in [1.807, 2.05) is 18.2 Å². The lowest BCUT2D eigenvalue weighted by atomic mass is 9.93. The van der Waals surface area contributed by atoms with Gasteiger partial charge in [-0.05, 0) is 25.1 Å². The normalized spacial score (nSPS) is 16.9. The fraction of sp³-hybridized carbons (Fsp3) is 0.300. The van der Waals surface area contributed by atoms with Gasteiger partial charge in [0.2, 0.25) is 0 Å². The molecule has 0 radical (unpaired) electrons. The third kappa shape index (κ3) is 3.08. The molecule has 0 aliphatic carbocycles. The number of ether oxygens (including phenoxy) is 1. The molecule has 0 saturated carbocycles. The van der Waals surface area contributed by atoms with Crippen LogP contribution in [0.25, 0.3) is 10.9 Å². The maximum atomic E-state index is 10.7. The molecular formula is C20H20Cl2N2O2. The van der Waals surface area contributed by atoms with Crippen LogP contribution in [-0.2, 0) is 4.74 Å². The number of hydrogen-bond acceptors (Lipinski definition) is 3. The van der Waals surface area contributed by atoms with Gasteiger partial charge < -0.3 is 14.8 Å². The van der Waals surface area contributed by atoms with Crippen LogP contribution in [0.1, 0.15) is 22.9 Å². The number of halogens is 2. The Kier molecular flexibility index (Phi) is 4.84. The number of rotatable bonds is 3. The van der Waals surface area contributed by atoms with Gasteiger partial charge in [-0.15, -0.1) is 0 Å². The largest absolute Gasteiger partial charge is 0.506 e. The number of phenols is 1. The van der Waals surface area contributed by atoms with Gasteiger partial charge in [-0.3, -0.25) is 4.90 Å². The number of fused-ring (bicyclic) bond motifs is 1. The summed E-state index contributed by atoms with van der Waals surface area (Å²) in [4.78, 5) is 5.77. The average molecular weight is 391 g/mol. The van der Waals surface area contributed by atoms with Crippen LogP contribution in [0.4, 0.5) is 0 Å². The topological polar surface area (TPSA) is 48.5 Å². The van der Waals surface area contributed by atoms with Crippen molar-refractivity contribution in [1.29, 1.82) is 0 Å². The lowest BCUT2D eigenvalue weighted by Crippen LogP contribution is -2.39. The van der Waals surface area contributed by atoms with Crippen molar-refractivity contribution in [3.8, 4) is 5.75 Å². The van der Waals surface area contributed by atoms with E-state index in [-0.39, 0.29) is 16.8 Å². The first-order valence-corrected chi connectivity index (χ1v) is 9.38. The van der Waals surface area contributed by atoms with Crippen LogP contribution in [0.5, 0.6) is 5.75 Å². The van der Waals surface area contributed by atoms with E-state index in [1.165, 1.54) is 0 Å². The number of morpholine rings is 1. The number of para-hydroxylation sites is 1. The number of aromatic amines is 1. The van der Waals surface area contributed by atoms with Crippen molar-refractivity contribution in [1.82, 2.24) is 9.88 Å². The van der Waals surface area contributed by atoms with E-state index in [0.29, 0.717) is 18.2 Å². The highest BCUT2D eigenvalue weighted by molar-refractivity contribution is 6.35. The number of nitrogens with one attached hydrogen (secondary N) is 1. The van der Waals surface area contributed by atoms with Gasteiger partial charge in [0, 0.05) is 45.8 Å². The number of benzene rings is 2. The molecule has 4 nitrogen and oxygen atoms in total. The minimum atomic E-state index is -0.161. The predicted octanol–water partition coefficient (Wildman–Crippen LogP) is 4.91. The fourth-order valence-electron chi connectivity index (χ4n) is 3.82. The molecule has 0 bridgehead atoms. The summed E-state index contributed by atoms with van der Waals surface area (Å²) in [6.07, 6.45) is 0. The zero-order chi connectivity index (χ0) is 18.3.